The first-order chi connectivity index (χ1) is 9.27. The van der Waals surface area contributed by atoms with E-state index in [4.69, 9.17) is 4.74 Å². The van der Waals surface area contributed by atoms with Crippen molar-refractivity contribution in [1.82, 2.24) is 0 Å². The first-order valence-electron chi connectivity index (χ1n) is 5.85. The molecule has 0 amide bonds. The molecule has 0 aliphatic heterocycles. The molecule has 96 valence electrons. The highest BCUT2D eigenvalue weighted by molar-refractivity contribution is 5.49. The Hall–Kier alpha value is -2.62. The second-order valence-electron chi connectivity index (χ2n) is 3.85. The monoisotopic (exact) mass is 255 g/mol. The first-order valence-corrected chi connectivity index (χ1v) is 5.85. The van der Waals surface area contributed by atoms with E-state index >= 15 is 0 Å². The van der Waals surface area contributed by atoms with Gasteiger partial charge in [-0.2, -0.15) is 0 Å². The van der Waals surface area contributed by atoms with Crippen molar-refractivity contribution in [3.8, 4) is 5.75 Å². The van der Waals surface area contributed by atoms with Gasteiger partial charge in [-0.1, -0.05) is 48.5 Å². The molecule has 2 aromatic carbocycles. The molecule has 0 unspecified atom stereocenters. The molecule has 0 fully saturated rings. The number of nitro benzene ring substituents is 1. The summed E-state index contributed by atoms with van der Waals surface area (Å²) in [6.45, 7) is 0.291. The van der Waals surface area contributed by atoms with Gasteiger partial charge in [0.2, 0.25) is 0 Å². The third kappa shape index (κ3) is 3.67. The average Bonchev–Trinajstić information content (AvgIpc) is 2.45. The van der Waals surface area contributed by atoms with Gasteiger partial charge in [0.1, 0.15) is 6.61 Å². The molecule has 4 nitrogen and oxygen atoms in total. The summed E-state index contributed by atoms with van der Waals surface area (Å²) >= 11 is 0. The van der Waals surface area contributed by atoms with E-state index in [1.807, 2.05) is 42.5 Å². The normalized spacial score (nSPS) is 10.5. The Balaban J connectivity index is 1.96. The molecule has 0 aromatic heterocycles. The third-order valence-electron chi connectivity index (χ3n) is 2.51. The third-order valence-corrected chi connectivity index (χ3v) is 2.51. The minimum absolute atomic E-state index is 0.0180. The molecule has 0 aliphatic rings. The SMILES string of the molecule is O=[N+]([O-])c1ccccc1OC/C=C/c1ccccc1. The Morgan fingerprint density at radius 2 is 1.74 bits per heavy atom. The summed E-state index contributed by atoms with van der Waals surface area (Å²) in [5.41, 5.74) is 1.05. The summed E-state index contributed by atoms with van der Waals surface area (Å²) in [7, 11) is 0. The minimum Gasteiger partial charge on any atom is -0.483 e. The molecule has 2 aromatic rings. The summed E-state index contributed by atoms with van der Waals surface area (Å²) in [5.74, 6) is 0.283. The van der Waals surface area contributed by atoms with Gasteiger partial charge in [-0.3, -0.25) is 10.1 Å². The van der Waals surface area contributed by atoms with E-state index in [2.05, 4.69) is 0 Å². The van der Waals surface area contributed by atoms with Crippen molar-refractivity contribution < 1.29 is 9.66 Å². The highest BCUT2D eigenvalue weighted by Gasteiger charge is 2.12. The van der Waals surface area contributed by atoms with Crippen LogP contribution in [0.4, 0.5) is 5.69 Å². The second-order valence-corrected chi connectivity index (χ2v) is 3.85. The quantitative estimate of drug-likeness (QED) is 0.604. The molecule has 0 spiro atoms. The van der Waals surface area contributed by atoms with E-state index in [-0.39, 0.29) is 11.4 Å². The second kappa shape index (κ2) is 6.35. The van der Waals surface area contributed by atoms with Crippen molar-refractivity contribution in [2.75, 3.05) is 6.61 Å². The standard InChI is InChI=1S/C15H13NO3/c17-16(18)14-10-4-5-11-15(14)19-12-6-9-13-7-2-1-3-8-13/h1-11H,12H2/b9-6+. The van der Waals surface area contributed by atoms with Crippen LogP contribution in [0.3, 0.4) is 0 Å². The fourth-order valence-electron chi connectivity index (χ4n) is 1.62. The first kappa shape index (κ1) is 12.8. The zero-order chi connectivity index (χ0) is 13.5. The average molecular weight is 255 g/mol. The predicted molar refractivity (Wildman–Crippen MR) is 74.1 cm³/mol. The molecule has 2 rings (SSSR count). The Labute approximate surface area is 111 Å². The Kier molecular flexibility index (Phi) is 4.29. The van der Waals surface area contributed by atoms with Crippen LogP contribution < -0.4 is 4.74 Å². The van der Waals surface area contributed by atoms with Gasteiger partial charge in [0.05, 0.1) is 4.92 Å². The van der Waals surface area contributed by atoms with Crippen LogP contribution in [0.25, 0.3) is 6.08 Å². The van der Waals surface area contributed by atoms with Gasteiger partial charge in [0.15, 0.2) is 5.75 Å². The lowest BCUT2D eigenvalue weighted by molar-refractivity contribution is -0.385. The molecule has 0 radical (unpaired) electrons. The number of rotatable bonds is 5. The van der Waals surface area contributed by atoms with E-state index in [0.717, 1.165) is 5.56 Å². The summed E-state index contributed by atoms with van der Waals surface area (Å²) in [6, 6.07) is 16.1. The van der Waals surface area contributed by atoms with E-state index in [9.17, 15) is 10.1 Å². The van der Waals surface area contributed by atoms with Gasteiger partial charge in [-0.25, -0.2) is 0 Å². The smallest absolute Gasteiger partial charge is 0.310 e. The predicted octanol–water partition coefficient (Wildman–Crippen LogP) is 3.69. The maximum atomic E-state index is 10.8. The minimum atomic E-state index is -0.448. The van der Waals surface area contributed by atoms with Crippen LogP contribution >= 0.6 is 0 Å². The number of nitrogens with zero attached hydrogens (tertiary/aromatic N) is 1. The lowest BCUT2D eigenvalue weighted by Gasteiger charge is -2.03. The van der Waals surface area contributed by atoms with Crippen molar-refractivity contribution in [3.05, 3.63) is 76.4 Å². The number of ether oxygens (including phenoxy) is 1. The van der Waals surface area contributed by atoms with E-state index in [1.165, 1.54) is 6.07 Å². The molecule has 4 heteroatoms. The maximum Gasteiger partial charge on any atom is 0.310 e. The lowest BCUT2D eigenvalue weighted by atomic mass is 10.2. The molecule has 0 saturated carbocycles. The topological polar surface area (TPSA) is 52.4 Å². The molecule has 19 heavy (non-hydrogen) atoms. The molecular weight excluding hydrogens is 242 g/mol. The molecule has 0 bridgehead atoms. The molecule has 0 atom stereocenters. The van der Waals surface area contributed by atoms with Gasteiger partial charge in [0, 0.05) is 6.07 Å². The molecule has 0 N–H and O–H groups in total. The van der Waals surface area contributed by atoms with Crippen LogP contribution in [-0.2, 0) is 0 Å². The van der Waals surface area contributed by atoms with E-state index in [0.29, 0.717) is 6.61 Å². The molecule has 0 saturated heterocycles. The van der Waals surface area contributed by atoms with E-state index in [1.54, 1.807) is 18.2 Å². The highest BCUT2D eigenvalue weighted by atomic mass is 16.6. The molecule has 0 heterocycles. The number of hydrogen-bond acceptors (Lipinski definition) is 3. The summed E-state index contributed by atoms with van der Waals surface area (Å²) < 4.78 is 5.39. The van der Waals surface area contributed by atoms with Gasteiger partial charge >= 0.3 is 5.69 Å². The Bertz CT molecular complexity index is 579. The molecular formula is C15H13NO3. The largest absolute Gasteiger partial charge is 0.483 e. The summed E-state index contributed by atoms with van der Waals surface area (Å²) in [4.78, 5) is 10.3. The van der Waals surface area contributed by atoms with Gasteiger partial charge < -0.3 is 4.74 Å². The lowest BCUT2D eigenvalue weighted by Crippen LogP contribution is -1.97. The fraction of sp³-hybridized carbons (Fsp3) is 0.0667. The summed E-state index contributed by atoms with van der Waals surface area (Å²) in [5, 5.41) is 10.8. The number of para-hydroxylation sites is 2. The van der Waals surface area contributed by atoms with Crippen molar-refractivity contribution >= 4 is 11.8 Å². The van der Waals surface area contributed by atoms with Crippen LogP contribution in [0.5, 0.6) is 5.75 Å². The van der Waals surface area contributed by atoms with Crippen LogP contribution in [0.15, 0.2) is 60.7 Å². The number of nitro groups is 1. The van der Waals surface area contributed by atoms with Gasteiger partial charge in [0.25, 0.3) is 0 Å². The van der Waals surface area contributed by atoms with Crippen molar-refractivity contribution in [2.24, 2.45) is 0 Å². The molecule has 0 aliphatic carbocycles. The van der Waals surface area contributed by atoms with Crippen LogP contribution in [0, 0.1) is 10.1 Å². The van der Waals surface area contributed by atoms with Gasteiger partial charge in [-0.15, -0.1) is 0 Å². The number of benzene rings is 2. The number of hydrogen-bond donors (Lipinski definition) is 0. The zero-order valence-electron chi connectivity index (χ0n) is 10.2. The zero-order valence-corrected chi connectivity index (χ0v) is 10.2. The van der Waals surface area contributed by atoms with Crippen molar-refractivity contribution in [1.29, 1.82) is 0 Å². The maximum absolute atomic E-state index is 10.8. The van der Waals surface area contributed by atoms with Crippen molar-refractivity contribution in [3.63, 3.8) is 0 Å². The summed E-state index contributed by atoms with van der Waals surface area (Å²) in [6.07, 6.45) is 3.74. The van der Waals surface area contributed by atoms with Gasteiger partial charge in [-0.05, 0) is 17.7 Å². The van der Waals surface area contributed by atoms with E-state index < -0.39 is 4.92 Å². The Morgan fingerprint density at radius 1 is 1.05 bits per heavy atom. The van der Waals surface area contributed by atoms with Crippen LogP contribution in [0.2, 0.25) is 0 Å². The highest BCUT2D eigenvalue weighted by Crippen LogP contribution is 2.25. The fourth-order valence-corrected chi connectivity index (χ4v) is 1.62. The van der Waals surface area contributed by atoms with Crippen LogP contribution in [0.1, 0.15) is 5.56 Å². The Morgan fingerprint density at radius 3 is 2.47 bits per heavy atom. The van der Waals surface area contributed by atoms with Crippen LogP contribution in [-0.4, -0.2) is 11.5 Å². The van der Waals surface area contributed by atoms with Crippen molar-refractivity contribution in [2.45, 2.75) is 0 Å².